The van der Waals surface area contributed by atoms with Crippen LogP contribution in [0.1, 0.15) is 21.5 Å². The third kappa shape index (κ3) is 5.76. The van der Waals surface area contributed by atoms with Gasteiger partial charge in [-0.1, -0.05) is 35.9 Å². The summed E-state index contributed by atoms with van der Waals surface area (Å²) < 4.78 is 11.2. The molecular weight excluding hydrogens is 492 g/mol. The fourth-order valence-electron chi connectivity index (χ4n) is 3.28. The summed E-state index contributed by atoms with van der Waals surface area (Å²) in [5.41, 5.74) is 2.82. The van der Waals surface area contributed by atoms with Crippen LogP contribution in [-0.4, -0.2) is 39.2 Å². The number of fused-ring (bicyclic) bond motifs is 1. The fourth-order valence-corrected chi connectivity index (χ4v) is 4.35. The highest BCUT2D eigenvalue weighted by atomic mass is 35.5. The number of rotatable bonds is 9. The third-order valence-corrected chi connectivity index (χ3v) is 6.07. The smallest absolute Gasteiger partial charge is 0.342 e. The minimum absolute atomic E-state index is 0.0290. The van der Waals surface area contributed by atoms with Gasteiger partial charge in [0.1, 0.15) is 11.5 Å². The number of para-hydroxylation sites is 2. The van der Waals surface area contributed by atoms with Crippen molar-refractivity contribution < 1.29 is 29.3 Å². The molecule has 1 heterocycles. The fraction of sp³-hybridized carbons (Fsp3) is 0.0800. The Morgan fingerprint density at radius 3 is 2.63 bits per heavy atom. The topological polar surface area (TPSA) is 122 Å². The van der Waals surface area contributed by atoms with Crippen LogP contribution >= 0.6 is 23.4 Å². The van der Waals surface area contributed by atoms with E-state index in [1.165, 1.54) is 25.3 Å². The highest BCUT2D eigenvalue weighted by molar-refractivity contribution is 8.04. The van der Waals surface area contributed by atoms with Crippen LogP contribution in [0.25, 0.3) is 17.1 Å². The van der Waals surface area contributed by atoms with Crippen LogP contribution in [0.5, 0.6) is 11.5 Å². The average molecular weight is 511 g/mol. The second kappa shape index (κ2) is 10.5. The summed E-state index contributed by atoms with van der Waals surface area (Å²) in [5.74, 6) is -1.59. The van der Waals surface area contributed by atoms with E-state index in [0.717, 1.165) is 22.8 Å². The van der Waals surface area contributed by atoms with Gasteiger partial charge in [0.25, 0.3) is 0 Å². The summed E-state index contributed by atoms with van der Waals surface area (Å²) in [4.78, 5) is 30.6. The van der Waals surface area contributed by atoms with Crippen molar-refractivity contribution in [1.82, 2.24) is 9.97 Å². The maximum atomic E-state index is 11.9. The molecule has 0 saturated heterocycles. The first-order valence-corrected chi connectivity index (χ1v) is 11.4. The first kappa shape index (κ1) is 24.2. The van der Waals surface area contributed by atoms with Crippen LogP contribution < -0.4 is 9.47 Å². The Kier molecular flexibility index (Phi) is 7.28. The SMILES string of the molecule is COc1cc(/C=C(\Sc2nc3ccccc3[nH]2)C(=O)O)cc(Cl)c1OCc1cccc(C(=O)O)c1. The molecule has 4 rings (SSSR count). The maximum Gasteiger partial charge on any atom is 0.342 e. The summed E-state index contributed by atoms with van der Waals surface area (Å²) >= 11 is 7.42. The first-order valence-electron chi connectivity index (χ1n) is 10.2. The Hall–Kier alpha value is -3.95. The largest absolute Gasteiger partial charge is 0.493 e. The lowest BCUT2D eigenvalue weighted by atomic mass is 10.1. The number of aromatic nitrogens is 2. The Balaban J connectivity index is 1.58. The molecule has 0 unspecified atom stereocenters. The molecule has 8 nitrogen and oxygen atoms in total. The number of nitrogens with zero attached hydrogens (tertiary/aromatic N) is 1. The molecule has 10 heteroatoms. The molecule has 0 aliphatic rings. The van der Waals surface area contributed by atoms with Gasteiger partial charge in [-0.3, -0.25) is 0 Å². The van der Waals surface area contributed by atoms with Crippen molar-refractivity contribution in [1.29, 1.82) is 0 Å². The van der Waals surface area contributed by atoms with Gasteiger partial charge < -0.3 is 24.7 Å². The van der Waals surface area contributed by atoms with Gasteiger partial charge >= 0.3 is 11.9 Å². The number of benzene rings is 3. The van der Waals surface area contributed by atoms with E-state index in [4.69, 9.17) is 26.2 Å². The number of aromatic carboxylic acids is 1. The van der Waals surface area contributed by atoms with Crippen molar-refractivity contribution in [3.8, 4) is 11.5 Å². The average Bonchev–Trinajstić information content (AvgIpc) is 3.25. The molecule has 1 aromatic heterocycles. The van der Waals surface area contributed by atoms with Gasteiger partial charge in [-0.2, -0.15) is 0 Å². The van der Waals surface area contributed by atoms with Crippen LogP contribution in [-0.2, 0) is 11.4 Å². The number of carboxylic acids is 2. The number of carbonyl (C=O) groups is 2. The van der Waals surface area contributed by atoms with Crippen LogP contribution in [0, 0.1) is 0 Å². The summed E-state index contributed by atoms with van der Waals surface area (Å²) in [6.07, 6.45) is 1.47. The van der Waals surface area contributed by atoms with E-state index in [9.17, 15) is 14.7 Å². The minimum atomic E-state index is -1.12. The quantitative estimate of drug-likeness (QED) is 0.193. The van der Waals surface area contributed by atoms with Gasteiger partial charge in [0.2, 0.25) is 0 Å². The van der Waals surface area contributed by atoms with E-state index >= 15 is 0 Å². The van der Waals surface area contributed by atoms with Gasteiger partial charge in [0.15, 0.2) is 16.7 Å². The number of aromatic amines is 1. The molecule has 35 heavy (non-hydrogen) atoms. The Morgan fingerprint density at radius 2 is 1.91 bits per heavy atom. The van der Waals surface area contributed by atoms with Crippen molar-refractivity contribution >= 4 is 52.4 Å². The maximum absolute atomic E-state index is 11.9. The number of ether oxygens (including phenoxy) is 2. The van der Waals surface area contributed by atoms with E-state index in [1.54, 1.807) is 24.3 Å². The number of hydrogen-bond donors (Lipinski definition) is 3. The molecule has 0 amide bonds. The van der Waals surface area contributed by atoms with Crippen molar-refractivity contribution in [3.05, 3.63) is 87.3 Å². The summed E-state index contributed by atoms with van der Waals surface area (Å²) in [6, 6.07) is 16.9. The van der Waals surface area contributed by atoms with Crippen LogP contribution in [0.2, 0.25) is 5.02 Å². The summed E-state index contributed by atoms with van der Waals surface area (Å²) in [7, 11) is 1.44. The molecule has 0 spiro atoms. The number of methoxy groups -OCH3 is 1. The highest BCUT2D eigenvalue weighted by Gasteiger charge is 2.16. The summed E-state index contributed by atoms with van der Waals surface area (Å²) in [5, 5.41) is 19.5. The van der Waals surface area contributed by atoms with Gasteiger partial charge in [0, 0.05) is 0 Å². The molecule has 4 aromatic rings. The zero-order valence-electron chi connectivity index (χ0n) is 18.3. The molecule has 0 radical (unpaired) electrons. The van der Waals surface area contributed by atoms with E-state index < -0.39 is 11.9 Å². The lowest BCUT2D eigenvalue weighted by Crippen LogP contribution is -2.02. The van der Waals surface area contributed by atoms with Crippen LogP contribution in [0.4, 0.5) is 0 Å². The number of thioether (sulfide) groups is 1. The molecule has 0 aliphatic carbocycles. The predicted molar refractivity (Wildman–Crippen MR) is 133 cm³/mol. The number of carboxylic acid groups (broad SMARTS) is 2. The molecule has 0 bridgehead atoms. The summed E-state index contributed by atoms with van der Waals surface area (Å²) in [6.45, 7) is 0.0642. The van der Waals surface area contributed by atoms with Crippen molar-refractivity contribution in [2.75, 3.05) is 7.11 Å². The number of halogens is 1. The molecule has 3 aromatic carbocycles. The van der Waals surface area contributed by atoms with E-state index in [-0.39, 0.29) is 27.8 Å². The lowest BCUT2D eigenvalue weighted by molar-refractivity contribution is -0.131. The van der Waals surface area contributed by atoms with Gasteiger partial charge in [-0.25, -0.2) is 14.6 Å². The van der Waals surface area contributed by atoms with Crippen molar-refractivity contribution in [2.45, 2.75) is 11.8 Å². The second-order valence-corrected chi connectivity index (χ2v) is 8.74. The molecule has 0 aliphatic heterocycles. The van der Waals surface area contributed by atoms with Gasteiger partial charge in [0.05, 0.1) is 28.7 Å². The first-order chi connectivity index (χ1) is 16.8. The van der Waals surface area contributed by atoms with E-state index in [2.05, 4.69) is 9.97 Å². The van der Waals surface area contributed by atoms with E-state index in [1.807, 2.05) is 24.3 Å². The van der Waals surface area contributed by atoms with Crippen LogP contribution in [0.15, 0.2) is 70.7 Å². The predicted octanol–water partition coefficient (Wildman–Crippen LogP) is 5.72. The molecule has 0 saturated carbocycles. The normalized spacial score (nSPS) is 11.4. The number of aliphatic carboxylic acids is 1. The van der Waals surface area contributed by atoms with Gasteiger partial charge in [-0.05, 0) is 65.4 Å². The zero-order valence-corrected chi connectivity index (χ0v) is 19.9. The monoisotopic (exact) mass is 510 g/mol. The number of hydrogen-bond acceptors (Lipinski definition) is 6. The van der Waals surface area contributed by atoms with E-state index in [0.29, 0.717) is 22.0 Å². The molecule has 0 fully saturated rings. The molecule has 178 valence electrons. The Labute approximate surface area is 209 Å². The second-order valence-electron chi connectivity index (χ2n) is 7.30. The Morgan fingerprint density at radius 1 is 1.11 bits per heavy atom. The molecule has 3 N–H and O–H groups in total. The lowest BCUT2D eigenvalue weighted by Gasteiger charge is -2.14. The number of imidazole rings is 1. The van der Waals surface area contributed by atoms with Gasteiger partial charge in [-0.15, -0.1) is 0 Å². The Bertz CT molecular complexity index is 1420. The van der Waals surface area contributed by atoms with Crippen LogP contribution in [0.3, 0.4) is 0 Å². The standard InChI is InChI=1S/C25H19ClN2O6S/c1-33-20-11-15(10-17(26)22(20)34-13-14-5-4-6-16(9-14)23(29)30)12-21(24(31)32)35-25-27-18-7-2-3-8-19(18)28-25/h2-12H,13H2,1H3,(H,27,28)(H,29,30)(H,31,32)/b21-12-. The van der Waals surface area contributed by atoms with Crippen molar-refractivity contribution in [2.24, 2.45) is 0 Å². The van der Waals surface area contributed by atoms with Crippen molar-refractivity contribution in [3.63, 3.8) is 0 Å². The third-order valence-electron chi connectivity index (χ3n) is 4.89. The number of H-pyrrole nitrogens is 1. The number of nitrogens with one attached hydrogen (secondary N) is 1. The minimum Gasteiger partial charge on any atom is -0.493 e. The highest BCUT2D eigenvalue weighted by Crippen LogP contribution is 2.38. The molecular formula is C25H19ClN2O6S. The zero-order chi connectivity index (χ0) is 24.9. The molecule has 0 atom stereocenters.